The molecular weight excluding hydrogens is 222 g/mol. The van der Waals surface area contributed by atoms with Crippen LogP contribution in [0.5, 0.6) is 0 Å². The number of aliphatic imine (C=N–C) groups is 1. The fraction of sp³-hybridized carbons (Fsp3) is 0.562. The normalized spacial score (nSPS) is 20.2. The van der Waals surface area contributed by atoms with Crippen molar-refractivity contribution < 1.29 is 4.74 Å². The summed E-state index contributed by atoms with van der Waals surface area (Å²) in [6.07, 6.45) is 6.06. The molecule has 2 heteroatoms. The Hall–Kier alpha value is -1.15. The largest absolute Gasteiger partial charge is 0.371 e. The van der Waals surface area contributed by atoms with Gasteiger partial charge in [-0.15, -0.1) is 0 Å². The zero-order valence-corrected chi connectivity index (χ0v) is 11.4. The highest BCUT2D eigenvalue weighted by atomic mass is 16.6. The lowest BCUT2D eigenvalue weighted by atomic mass is 9.96. The first-order valence-electron chi connectivity index (χ1n) is 6.99. The third kappa shape index (κ3) is 4.26. The molecule has 0 aromatic heterocycles. The van der Waals surface area contributed by atoms with Crippen LogP contribution in [-0.2, 0) is 11.2 Å². The Balaban J connectivity index is 1.93. The number of nitrogens with zero attached hydrogens (tertiary/aromatic N) is 1. The molecule has 1 aliphatic heterocycles. The van der Waals surface area contributed by atoms with E-state index in [1.165, 1.54) is 24.0 Å². The van der Waals surface area contributed by atoms with E-state index in [0.29, 0.717) is 6.10 Å². The SMILES string of the molecule is CCC(C)CCc1ccccc1C=NCC1CO1. The first-order chi connectivity index (χ1) is 8.79. The van der Waals surface area contributed by atoms with Crippen molar-refractivity contribution in [3.05, 3.63) is 35.4 Å². The van der Waals surface area contributed by atoms with Gasteiger partial charge in [-0.05, 0) is 29.9 Å². The van der Waals surface area contributed by atoms with Crippen molar-refractivity contribution >= 4 is 6.21 Å². The second kappa shape index (κ2) is 6.69. The summed E-state index contributed by atoms with van der Waals surface area (Å²) in [7, 11) is 0. The summed E-state index contributed by atoms with van der Waals surface area (Å²) < 4.78 is 5.16. The second-order valence-corrected chi connectivity index (χ2v) is 5.20. The van der Waals surface area contributed by atoms with Gasteiger partial charge in [0.15, 0.2) is 0 Å². The van der Waals surface area contributed by atoms with Crippen LogP contribution in [-0.4, -0.2) is 25.5 Å². The Morgan fingerprint density at radius 3 is 2.94 bits per heavy atom. The molecule has 0 radical (unpaired) electrons. The van der Waals surface area contributed by atoms with E-state index >= 15 is 0 Å². The van der Waals surface area contributed by atoms with E-state index in [9.17, 15) is 0 Å². The Morgan fingerprint density at radius 2 is 2.22 bits per heavy atom. The van der Waals surface area contributed by atoms with Crippen molar-refractivity contribution in [2.75, 3.05) is 13.2 Å². The van der Waals surface area contributed by atoms with Gasteiger partial charge in [-0.25, -0.2) is 0 Å². The third-order valence-electron chi connectivity index (χ3n) is 3.60. The Bertz CT molecular complexity index is 396. The number of epoxide rings is 1. The van der Waals surface area contributed by atoms with Crippen molar-refractivity contribution in [2.45, 2.75) is 39.2 Å². The molecule has 0 N–H and O–H groups in total. The molecule has 0 aliphatic carbocycles. The summed E-state index contributed by atoms with van der Waals surface area (Å²) in [5, 5.41) is 0. The number of hydrogen-bond acceptors (Lipinski definition) is 2. The fourth-order valence-electron chi connectivity index (χ4n) is 1.94. The van der Waals surface area contributed by atoms with E-state index in [1.54, 1.807) is 0 Å². The summed E-state index contributed by atoms with van der Waals surface area (Å²) in [4.78, 5) is 4.46. The topological polar surface area (TPSA) is 24.9 Å². The molecule has 2 unspecified atom stereocenters. The lowest BCUT2D eigenvalue weighted by molar-refractivity contribution is 0.413. The van der Waals surface area contributed by atoms with Gasteiger partial charge in [0.1, 0.15) is 6.10 Å². The van der Waals surface area contributed by atoms with Crippen LogP contribution in [0.4, 0.5) is 0 Å². The lowest BCUT2D eigenvalue weighted by Crippen LogP contribution is -1.99. The molecule has 1 aliphatic rings. The quantitative estimate of drug-likeness (QED) is 0.533. The summed E-state index contributed by atoms with van der Waals surface area (Å²) >= 11 is 0. The van der Waals surface area contributed by atoms with Gasteiger partial charge in [0, 0.05) is 6.21 Å². The van der Waals surface area contributed by atoms with Crippen molar-refractivity contribution in [3.63, 3.8) is 0 Å². The molecule has 1 fully saturated rings. The van der Waals surface area contributed by atoms with Crippen LogP contribution in [0.15, 0.2) is 29.3 Å². The molecule has 0 amide bonds. The molecular formula is C16H23NO. The molecule has 18 heavy (non-hydrogen) atoms. The summed E-state index contributed by atoms with van der Waals surface area (Å²) in [5.74, 6) is 0.801. The summed E-state index contributed by atoms with van der Waals surface area (Å²) in [5.41, 5.74) is 2.68. The van der Waals surface area contributed by atoms with Gasteiger partial charge in [-0.1, -0.05) is 44.5 Å². The number of ether oxygens (including phenoxy) is 1. The molecule has 98 valence electrons. The smallest absolute Gasteiger partial charge is 0.100 e. The minimum atomic E-state index is 0.383. The predicted molar refractivity (Wildman–Crippen MR) is 76.4 cm³/mol. The highest BCUT2D eigenvalue weighted by Crippen LogP contribution is 2.15. The van der Waals surface area contributed by atoms with Crippen molar-refractivity contribution in [3.8, 4) is 0 Å². The fourth-order valence-corrected chi connectivity index (χ4v) is 1.94. The third-order valence-corrected chi connectivity index (χ3v) is 3.60. The van der Waals surface area contributed by atoms with E-state index in [0.717, 1.165) is 25.5 Å². The Morgan fingerprint density at radius 1 is 1.44 bits per heavy atom. The maximum atomic E-state index is 5.16. The van der Waals surface area contributed by atoms with Gasteiger partial charge >= 0.3 is 0 Å². The van der Waals surface area contributed by atoms with E-state index in [4.69, 9.17) is 4.74 Å². The molecule has 1 aromatic rings. The minimum Gasteiger partial charge on any atom is -0.371 e. The van der Waals surface area contributed by atoms with Crippen molar-refractivity contribution in [2.24, 2.45) is 10.9 Å². The molecule has 2 rings (SSSR count). The molecule has 2 atom stereocenters. The van der Waals surface area contributed by atoms with Crippen LogP contribution in [0.1, 0.15) is 37.8 Å². The van der Waals surface area contributed by atoms with Crippen molar-refractivity contribution in [1.82, 2.24) is 0 Å². The van der Waals surface area contributed by atoms with E-state index in [1.807, 2.05) is 6.21 Å². The number of hydrogen-bond donors (Lipinski definition) is 0. The average molecular weight is 245 g/mol. The zero-order chi connectivity index (χ0) is 12.8. The number of rotatable bonds is 7. The van der Waals surface area contributed by atoms with Gasteiger partial charge in [0.05, 0.1) is 13.2 Å². The van der Waals surface area contributed by atoms with Gasteiger partial charge in [-0.2, -0.15) is 0 Å². The maximum absolute atomic E-state index is 5.16. The summed E-state index contributed by atoms with van der Waals surface area (Å²) in [6.45, 7) is 6.27. The van der Waals surface area contributed by atoms with Crippen molar-refractivity contribution in [1.29, 1.82) is 0 Å². The standard InChI is InChI=1S/C16H23NO/c1-3-13(2)8-9-14-6-4-5-7-15(14)10-17-11-16-12-18-16/h4-7,10,13,16H,3,8-9,11-12H2,1-2H3. The average Bonchev–Trinajstić information content (AvgIpc) is 3.21. The van der Waals surface area contributed by atoms with Gasteiger partial charge < -0.3 is 4.74 Å². The predicted octanol–water partition coefficient (Wildman–Crippen LogP) is 3.48. The zero-order valence-electron chi connectivity index (χ0n) is 11.4. The van der Waals surface area contributed by atoms with Crippen LogP contribution in [0.2, 0.25) is 0 Å². The van der Waals surface area contributed by atoms with Crippen LogP contribution in [0.3, 0.4) is 0 Å². The second-order valence-electron chi connectivity index (χ2n) is 5.20. The van der Waals surface area contributed by atoms with Crippen LogP contribution in [0, 0.1) is 5.92 Å². The minimum absolute atomic E-state index is 0.383. The molecule has 1 heterocycles. The first kappa shape index (κ1) is 13.3. The molecule has 0 spiro atoms. The first-order valence-corrected chi connectivity index (χ1v) is 6.99. The van der Waals surface area contributed by atoms with Gasteiger partial charge in [0.2, 0.25) is 0 Å². The number of benzene rings is 1. The van der Waals surface area contributed by atoms with Crippen LogP contribution >= 0.6 is 0 Å². The maximum Gasteiger partial charge on any atom is 0.100 e. The van der Waals surface area contributed by atoms with Crippen LogP contribution in [0.25, 0.3) is 0 Å². The summed E-state index contributed by atoms with van der Waals surface area (Å²) in [6, 6.07) is 8.58. The molecule has 1 aromatic carbocycles. The Kier molecular flexibility index (Phi) is 4.94. The molecule has 1 saturated heterocycles. The van der Waals surface area contributed by atoms with Gasteiger partial charge in [0.25, 0.3) is 0 Å². The highest BCUT2D eigenvalue weighted by molar-refractivity contribution is 5.81. The van der Waals surface area contributed by atoms with E-state index < -0.39 is 0 Å². The highest BCUT2D eigenvalue weighted by Gasteiger charge is 2.20. The number of aryl methyl sites for hydroxylation is 1. The van der Waals surface area contributed by atoms with E-state index in [2.05, 4.69) is 43.1 Å². The van der Waals surface area contributed by atoms with Gasteiger partial charge in [-0.3, -0.25) is 4.99 Å². The molecule has 0 saturated carbocycles. The molecule has 0 bridgehead atoms. The monoisotopic (exact) mass is 245 g/mol. The van der Waals surface area contributed by atoms with Crippen LogP contribution < -0.4 is 0 Å². The Labute approximate surface area is 110 Å². The molecule has 2 nitrogen and oxygen atoms in total. The lowest BCUT2D eigenvalue weighted by Gasteiger charge is -2.09. The van der Waals surface area contributed by atoms with E-state index in [-0.39, 0.29) is 0 Å².